The summed E-state index contributed by atoms with van der Waals surface area (Å²) in [7, 11) is 1.31. The Bertz CT molecular complexity index is 531. The van der Waals surface area contributed by atoms with Crippen LogP contribution < -0.4 is 4.90 Å². The van der Waals surface area contributed by atoms with Crippen LogP contribution in [0.3, 0.4) is 0 Å². The molecule has 0 amide bonds. The van der Waals surface area contributed by atoms with Crippen molar-refractivity contribution in [1.82, 2.24) is 0 Å². The maximum atomic E-state index is 11.8. The highest BCUT2D eigenvalue weighted by molar-refractivity contribution is 5.81. The predicted octanol–water partition coefficient (Wildman–Crippen LogP) is 1.28. The lowest BCUT2D eigenvalue weighted by atomic mass is 10.1. The van der Waals surface area contributed by atoms with Crippen molar-refractivity contribution in [2.24, 2.45) is 0 Å². The molecule has 1 saturated heterocycles. The molecule has 1 aromatic carbocycles. The van der Waals surface area contributed by atoms with Crippen molar-refractivity contribution >= 4 is 17.3 Å². The van der Waals surface area contributed by atoms with Gasteiger partial charge < -0.3 is 14.4 Å². The third-order valence-corrected chi connectivity index (χ3v) is 3.31. The van der Waals surface area contributed by atoms with Crippen LogP contribution in [0.25, 0.3) is 0 Å². The number of nitro groups is 1. The summed E-state index contributed by atoms with van der Waals surface area (Å²) in [4.78, 5) is 24.0. The Morgan fingerprint density at radius 1 is 1.55 bits per heavy atom. The van der Waals surface area contributed by atoms with Gasteiger partial charge >= 0.3 is 5.97 Å². The Morgan fingerprint density at radius 3 is 2.95 bits per heavy atom. The minimum atomic E-state index is -0.575. The zero-order chi connectivity index (χ0) is 14.7. The van der Waals surface area contributed by atoms with Crippen LogP contribution in [0.4, 0.5) is 11.4 Å². The molecule has 0 saturated carbocycles. The lowest BCUT2D eigenvalue weighted by Crippen LogP contribution is -2.50. The molecule has 0 N–H and O–H groups in total. The lowest BCUT2D eigenvalue weighted by molar-refractivity contribution is -0.384. The van der Waals surface area contributed by atoms with E-state index < -0.39 is 16.9 Å². The van der Waals surface area contributed by atoms with Crippen molar-refractivity contribution in [1.29, 1.82) is 0 Å². The molecule has 1 fully saturated rings. The van der Waals surface area contributed by atoms with Crippen molar-refractivity contribution in [3.8, 4) is 0 Å². The number of hydrogen-bond donors (Lipinski definition) is 0. The number of nitrogens with zero attached hydrogens (tertiary/aromatic N) is 2. The number of carbonyl (C=O) groups is 1. The fourth-order valence-corrected chi connectivity index (χ4v) is 2.24. The quantitative estimate of drug-likeness (QED) is 0.471. The molecule has 1 aliphatic heterocycles. The molecule has 0 bridgehead atoms. The molecule has 0 radical (unpaired) electrons. The molecule has 1 atom stereocenters. The monoisotopic (exact) mass is 280 g/mol. The van der Waals surface area contributed by atoms with E-state index in [2.05, 4.69) is 0 Å². The number of morpholine rings is 1. The number of methoxy groups -OCH3 is 1. The molecule has 0 aromatic heterocycles. The second-order valence-corrected chi connectivity index (χ2v) is 4.54. The van der Waals surface area contributed by atoms with Gasteiger partial charge in [-0.1, -0.05) is 6.07 Å². The molecule has 2 rings (SSSR count). The van der Waals surface area contributed by atoms with Crippen LogP contribution in [-0.2, 0) is 14.3 Å². The summed E-state index contributed by atoms with van der Waals surface area (Å²) in [5.41, 5.74) is 1.53. The number of benzene rings is 1. The Morgan fingerprint density at radius 2 is 2.30 bits per heavy atom. The normalized spacial score (nSPS) is 18.7. The Balaban J connectivity index is 2.39. The van der Waals surface area contributed by atoms with Gasteiger partial charge in [-0.05, 0) is 12.5 Å². The van der Waals surface area contributed by atoms with Crippen LogP contribution in [0.2, 0.25) is 0 Å². The van der Waals surface area contributed by atoms with Crippen molar-refractivity contribution in [3.05, 3.63) is 33.9 Å². The number of non-ortho nitro benzene ring substituents is 1. The third kappa shape index (κ3) is 2.72. The van der Waals surface area contributed by atoms with Crippen LogP contribution in [0.1, 0.15) is 5.56 Å². The summed E-state index contributed by atoms with van der Waals surface area (Å²) >= 11 is 0. The molecule has 1 aliphatic rings. The van der Waals surface area contributed by atoms with Crippen LogP contribution in [0, 0.1) is 17.0 Å². The fraction of sp³-hybridized carbons (Fsp3) is 0.462. The van der Waals surface area contributed by atoms with Gasteiger partial charge in [0.05, 0.1) is 25.2 Å². The topological polar surface area (TPSA) is 81.9 Å². The van der Waals surface area contributed by atoms with Gasteiger partial charge in [0.15, 0.2) is 6.04 Å². The van der Waals surface area contributed by atoms with E-state index >= 15 is 0 Å². The van der Waals surface area contributed by atoms with E-state index in [-0.39, 0.29) is 12.3 Å². The molecule has 7 nitrogen and oxygen atoms in total. The molecule has 1 heterocycles. The lowest BCUT2D eigenvalue weighted by Gasteiger charge is -2.36. The van der Waals surface area contributed by atoms with E-state index in [1.54, 1.807) is 11.0 Å². The number of hydrogen-bond acceptors (Lipinski definition) is 6. The molecule has 1 aromatic rings. The zero-order valence-corrected chi connectivity index (χ0v) is 11.4. The molecular weight excluding hydrogens is 264 g/mol. The fourth-order valence-electron chi connectivity index (χ4n) is 2.24. The Labute approximate surface area is 116 Å². The first kappa shape index (κ1) is 14.3. The number of anilines is 1. The Kier molecular flexibility index (Phi) is 4.19. The summed E-state index contributed by atoms with van der Waals surface area (Å²) in [6.45, 7) is 3.02. The standard InChI is InChI=1S/C13H16N2O5/c1-9-3-4-10(15(17)18)7-11(9)14-5-6-20-8-12(14)13(16)19-2/h3-4,7,12H,5-6,8H2,1-2H3. The SMILES string of the molecule is COC(=O)C1COCCN1c1cc([N+](=O)[O-])ccc1C. The van der Waals surface area contributed by atoms with Crippen LogP contribution in [-0.4, -0.2) is 43.8 Å². The molecule has 1 unspecified atom stereocenters. The molecule has 7 heteroatoms. The predicted molar refractivity (Wildman–Crippen MR) is 71.8 cm³/mol. The van der Waals surface area contributed by atoms with Gasteiger partial charge in [0.25, 0.3) is 5.69 Å². The summed E-state index contributed by atoms with van der Waals surface area (Å²) in [5.74, 6) is -0.407. The second kappa shape index (κ2) is 5.87. The van der Waals surface area contributed by atoms with Crippen molar-refractivity contribution in [2.45, 2.75) is 13.0 Å². The summed E-state index contributed by atoms with van der Waals surface area (Å²) in [6.07, 6.45) is 0. The molecular formula is C13H16N2O5. The summed E-state index contributed by atoms with van der Waals surface area (Å²) < 4.78 is 10.1. The van der Waals surface area contributed by atoms with Gasteiger partial charge in [-0.15, -0.1) is 0 Å². The highest BCUT2D eigenvalue weighted by Crippen LogP contribution is 2.28. The molecule has 0 aliphatic carbocycles. The number of ether oxygens (including phenoxy) is 2. The summed E-state index contributed by atoms with van der Waals surface area (Å²) in [5, 5.41) is 10.9. The molecule has 0 spiro atoms. The first-order valence-electron chi connectivity index (χ1n) is 6.22. The Hall–Kier alpha value is -2.15. The van der Waals surface area contributed by atoms with E-state index in [0.29, 0.717) is 18.8 Å². The van der Waals surface area contributed by atoms with Crippen molar-refractivity contribution in [3.63, 3.8) is 0 Å². The largest absolute Gasteiger partial charge is 0.467 e. The third-order valence-electron chi connectivity index (χ3n) is 3.31. The minimum absolute atomic E-state index is 0.000655. The molecule has 20 heavy (non-hydrogen) atoms. The van der Waals surface area contributed by atoms with Gasteiger partial charge in [-0.25, -0.2) is 4.79 Å². The van der Waals surface area contributed by atoms with Crippen molar-refractivity contribution in [2.75, 3.05) is 31.8 Å². The number of rotatable bonds is 3. The summed E-state index contributed by atoms with van der Waals surface area (Å²) in [6, 6.07) is 4.04. The van der Waals surface area contributed by atoms with E-state index in [1.165, 1.54) is 19.2 Å². The minimum Gasteiger partial charge on any atom is -0.467 e. The average molecular weight is 280 g/mol. The smallest absolute Gasteiger partial charge is 0.330 e. The van der Waals surface area contributed by atoms with Crippen LogP contribution >= 0.6 is 0 Å². The van der Waals surface area contributed by atoms with E-state index in [0.717, 1.165) is 5.56 Å². The second-order valence-electron chi connectivity index (χ2n) is 4.54. The van der Waals surface area contributed by atoms with Crippen molar-refractivity contribution < 1.29 is 19.2 Å². The number of aryl methyl sites for hydroxylation is 1. The first-order valence-corrected chi connectivity index (χ1v) is 6.22. The van der Waals surface area contributed by atoms with Gasteiger partial charge in [0.2, 0.25) is 0 Å². The highest BCUT2D eigenvalue weighted by Gasteiger charge is 2.31. The zero-order valence-electron chi connectivity index (χ0n) is 11.4. The van der Waals surface area contributed by atoms with E-state index in [1.807, 2.05) is 6.92 Å². The highest BCUT2D eigenvalue weighted by atomic mass is 16.6. The number of nitro benzene ring substituents is 1. The van der Waals surface area contributed by atoms with Gasteiger partial charge in [-0.3, -0.25) is 10.1 Å². The van der Waals surface area contributed by atoms with E-state index in [9.17, 15) is 14.9 Å². The molecule has 108 valence electrons. The maximum Gasteiger partial charge on any atom is 0.330 e. The first-order chi connectivity index (χ1) is 9.54. The van der Waals surface area contributed by atoms with E-state index in [4.69, 9.17) is 9.47 Å². The van der Waals surface area contributed by atoms with Gasteiger partial charge in [0.1, 0.15) is 0 Å². The average Bonchev–Trinajstić information content (AvgIpc) is 2.46. The maximum absolute atomic E-state index is 11.8. The number of esters is 1. The van der Waals surface area contributed by atoms with Crippen LogP contribution in [0.5, 0.6) is 0 Å². The van der Waals surface area contributed by atoms with Crippen LogP contribution in [0.15, 0.2) is 18.2 Å². The van der Waals surface area contributed by atoms with Gasteiger partial charge in [0, 0.05) is 24.4 Å². The van der Waals surface area contributed by atoms with Gasteiger partial charge in [-0.2, -0.15) is 0 Å². The number of carbonyl (C=O) groups excluding carboxylic acids is 1.